The highest BCUT2D eigenvalue weighted by atomic mass is 16.5. The van der Waals surface area contributed by atoms with Crippen molar-refractivity contribution < 1.29 is 4.74 Å². The summed E-state index contributed by atoms with van der Waals surface area (Å²) in [5.41, 5.74) is 3.77. The number of nitrogens with zero attached hydrogens (tertiary/aromatic N) is 3. The molecule has 1 aliphatic heterocycles. The Morgan fingerprint density at radius 1 is 1.33 bits per heavy atom. The molecule has 6 nitrogen and oxygen atoms in total. The zero-order chi connectivity index (χ0) is 14.7. The molecule has 0 atom stereocenters. The standard InChI is InChI=1S/C15H19N5O/c1-2-13-17-14(19-16)9-15(18-13)20-7-8-21-12-6-4-3-5-11(12)10-20/h3-6,9H,2,7-8,10,16H2,1H3,(H,17,18,19). The quantitative estimate of drug-likeness (QED) is 0.660. The molecular formula is C15H19N5O. The Balaban J connectivity index is 1.93. The summed E-state index contributed by atoms with van der Waals surface area (Å²) in [6.45, 7) is 4.20. The maximum Gasteiger partial charge on any atom is 0.145 e. The molecule has 21 heavy (non-hydrogen) atoms. The Hall–Kier alpha value is -2.34. The smallest absolute Gasteiger partial charge is 0.145 e. The topological polar surface area (TPSA) is 76.3 Å². The molecule has 0 amide bonds. The lowest BCUT2D eigenvalue weighted by atomic mass is 10.2. The molecule has 0 bridgehead atoms. The van der Waals surface area contributed by atoms with E-state index < -0.39 is 0 Å². The van der Waals surface area contributed by atoms with E-state index in [0.29, 0.717) is 12.4 Å². The summed E-state index contributed by atoms with van der Waals surface area (Å²) in [6.07, 6.45) is 0.767. The van der Waals surface area contributed by atoms with Gasteiger partial charge in [-0.05, 0) is 6.07 Å². The summed E-state index contributed by atoms with van der Waals surface area (Å²) >= 11 is 0. The fourth-order valence-corrected chi connectivity index (χ4v) is 2.40. The molecule has 0 unspecified atom stereocenters. The monoisotopic (exact) mass is 285 g/mol. The number of nitrogen functional groups attached to an aromatic ring is 1. The van der Waals surface area contributed by atoms with Gasteiger partial charge in [0.15, 0.2) is 0 Å². The summed E-state index contributed by atoms with van der Waals surface area (Å²) in [6, 6.07) is 9.97. The maximum absolute atomic E-state index is 5.79. The van der Waals surface area contributed by atoms with Gasteiger partial charge in [0.2, 0.25) is 0 Å². The van der Waals surface area contributed by atoms with E-state index in [1.165, 1.54) is 0 Å². The molecule has 0 saturated carbocycles. The van der Waals surface area contributed by atoms with Crippen molar-refractivity contribution in [3.8, 4) is 5.75 Å². The largest absolute Gasteiger partial charge is 0.491 e. The van der Waals surface area contributed by atoms with E-state index in [-0.39, 0.29) is 0 Å². The first-order valence-electron chi connectivity index (χ1n) is 7.10. The zero-order valence-electron chi connectivity index (χ0n) is 12.0. The number of aromatic nitrogens is 2. The van der Waals surface area contributed by atoms with Gasteiger partial charge in [-0.2, -0.15) is 0 Å². The Morgan fingerprint density at radius 3 is 3.00 bits per heavy atom. The minimum absolute atomic E-state index is 0.633. The van der Waals surface area contributed by atoms with E-state index in [1.54, 1.807) is 0 Å². The van der Waals surface area contributed by atoms with Crippen LogP contribution in [0.25, 0.3) is 0 Å². The number of fused-ring (bicyclic) bond motifs is 1. The number of hydrogen-bond acceptors (Lipinski definition) is 6. The van der Waals surface area contributed by atoms with Crippen molar-refractivity contribution in [2.24, 2.45) is 5.84 Å². The van der Waals surface area contributed by atoms with E-state index >= 15 is 0 Å². The van der Waals surface area contributed by atoms with Crippen molar-refractivity contribution in [1.82, 2.24) is 9.97 Å². The van der Waals surface area contributed by atoms with Crippen LogP contribution in [0.1, 0.15) is 18.3 Å². The summed E-state index contributed by atoms with van der Waals surface area (Å²) in [5, 5.41) is 0. The molecule has 6 heteroatoms. The number of nitrogens with one attached hydrogen (secondary N) is 1. The highest BCUT2D eigenvalue weighted by molar-refractivity contribution is 5.50. The number of para-hydroxylation sites is 1. The molecule has 1 aliphatic rings. The zero-order valence-corrected chi connectivity index (χ0v) is 12.0. The molecular weight excluding hydrogens is 266 g/mol. The van der Waals surface area contributed by atoms with E-state index in [2.05, 4.69) is 26.4 Å². The van der Waals surface area contributed by atoms with Gasteiger partial charge >= 0.3 is 0 Å². The van der Waals surface area contributed by atoms with Crippen LogP contribution < -0.4 is 20.9 Å². The van der Waals surface area contributed by atoms with E-state index in [4.69, 9.17) is 10.6 Å². The number of ether oxygens (including phenoxy) is 1. The van der Waals surface area contributed by atoms with Gasteiger partial charge in [-0.25, -0.2) is 15.8 Å². The van der Waals surface area contributed by atoms with Gasteiger partial charge in [-0.1, -0.05) is 25.1 Å². The first-order valence-corrected chi connectivity index (χ1v) is 7.10. The molecule has 1 aromatic carbocycles. The molecule has 3 N–H and O–H groups in total. The molecule has 0 radical (unpaired) electrons. The second kappa shape index (κ2) is 5.97. The Kier molecular flexibility index (Phi) is 3.87. The first-order chi connectivity index (χ1) is 10.3. The molecule has 2 aromatic rings. The van der Waals surface area contributed by atoms with Crippen molar-refractivity contribution in [1.29, 1.82) is 0 Å². The van der Waals surface area contributed by atoms with Gasteiger partial charge in [-0.15, -0.1) is 0 Å². The number of nitrogens with two attached hydrogens (primary N) is 1. The minimum atomic E-state index is 0.633. The highest BCUT2D eigenvalue weighted by Gasteiger charge is 2.17. The van der Waals surface area contributed by atoms with Crippen molar-refractivity contribution in [3.63, 3.8) is 0 Å². The van der Waals surface area contributed by atoms with Gasteiger partial charge in [0, 0.05) is 24.6 Å². The highest BCUT2D eigenvalue weighted by Crippen LogP contribution is 2.26. The minimum Gasteiger partial charge on any atom is -0.491 e. The Morgan fingerprint density at radius 2 is 2.19 bits per heavy atom. The third-order valence-corrected chi connectivity index (χ3v) is 3.50. The van der Waals surface area contributed by atoms with Crippen molar-refractivity contribution in [2.75, 3.05) is 23.5 Å². The molecule has 3 rings (SSSR count). The lowest BCUT2D eigenvalue weighted by molar-refractivity contribution is 0.331. The number of hydrogen-bond donors (Lipinski definition) is 2. The number of aryl methyl sites for hydroxylation is 1. The van der Waals surface area contributed by atoms with Crippen LogP contribution in [0.4, 0.5) is 11.6 Å². The van der Waals surface area contributed by atoms with Gasteiger partial charge in [0.1, 0.15) is 29.8 Å². The van der Waals surface area contributed by atoms with Crippen LogP contribution in [0.2, 0.25) is 0 Å². The number of benzene rings is 1. The van der Waals surface area contributed by atoms with Gasteiger partial charge in [0.25, 0.3) is 0 Å². The Bertz CT molecular complexity index is 609. The molecule has 0 aliphatic carbocycles. The lowest BCUT2D eigenvalue weighted by Gasteiger charge is -2.21. The molecule has 110 valence electrons. The predicted octanol–water partition coefficient (Wildman–Crippen LogP) is 1.72. The first kappa shape index (κ1) is 13.6. The van der Waals surface area contributed by atoms with Crippen LogP contribution in [0.15, 0.2) is 30.3 Å². The van der Waals surface area contributed by atoms with Crippen LogP contribution in [0.3, 0.4) is 0 Å². The SMILES string of the molecule is CCc1nc(NN)cc(N2CCOc3ccccc3C2)n1. The molecule has 0 saturated heterocycles. The summed E-state index contributed by atoms with van der Waals surface area (Å²) in [7, 11) is 0. The fraction of sp³-hybridized carbons (Fsp3) is 0.333. The van der Waals surface area contributed by atoms with Crippen LogP contribution in [0.5, 0.6) is 5.75 Å². The average molecular weight is 285 g/mol. The van der Waals surface area contributed by atoms with Crippen LogP contribution in [-0.4, -0.2) is 23.1 Å². The number of hydrazine groups is 1. The van der Waals surface area contributed by atoms with E-state index in [0.717, 1.165) is 42.5 Å². The van der Waals surface area contributed by atoms with Crippen molar-refractivity contribution in [3.05, 3.63) is 41.7 Å². The van der Waals surface area contributed by atoms with Crippen molar-refractivity contribution >= 4 is 11.6 Å². The predicted molar refractivity (Wildman–Crippen MR) is 82.2 cm³/mol. The summed E-state index contributed by atoms with van der Waals surface area (Å²) in [4.78, 5) is 11.1. The number of rotatable bonds is 3. The molecule has 2 heterocycles. The molecule has 0 spiro atoms. The third-order valence-electron chi connectivity index (χ3n) is 3.50. The average Bonchev–Trinajstić information content (AvgIpc) is 2.76. The van der Waals surface area contributed by atoms with E-state index in [1.807, 2.05) is 31.2 Å². The second-order valence-electron chi connectivity index (χ2n) is 4.90. The Labute approximate surface area is 123 Å². The summed E-state index contributed by atoms with van der Waals surface area (Å²) < 4.78 is 5.79. The normalized spacial score (nSPS) is 14.1. The molecule has 0 fully saturated rings. The second-order valence-corrected chi connectivity index (χ2v) is 4.90. The number of anilines is 2. The van der Waals surface area contributed by atoms with Crippen molar-refractivity contribution in [2.45, 2.75) is 19.9 Å². The van der Waals surface area contributed by atoms with Gasteiger partial charge in [0.05, 0.1) is 6.54 Å². The van der Waals surface area contributed by atoms with E-state index in [9.17, 15) is 0 Å². The lowest BCUT2D eigenvalue weighted by Crippen LogP contribution is -2.27. The van der Waals surface area contributed by atoms with Crippen LogP contribution >= 0.6 is 0 Å². The van der Waals surface area contributed by atoms with Crippen LogP contribution in [-0.2, 0) is 13.0 Å². The fourth-order valence-electron chi connectivity index (χ4n) is 2.40. The van der Waals surface area contributed by atoms with Gasteiger partial charge in [-0.3, -0.25) is 0 Å². The molecule has 1 aromatic heterocycles. The maximum atomic E-state index is 5.79. The third kappa shape index (κ3) is 2.90. The summed E-state index contributed by atoms with van der Waals surface area (Å²) in [5.74, 6) is 8.72. The van der Waals surface area contributed by atoms with Gasteiger partial charge < -0.3 is 15.1 Å². The van der Waals surface area contributed by atoms with Crippen LogP contribution in [0, 0.1) is 0 Å².